The Balaban J connectivity index is 1.52. The van der Waals surface area contributed by atoms with Crippen molar-refractivity contribution in [2.24, 2.45) is 7.05 Å². The number of fused-ring (bicyclic) bond motifs is 1. The first kappa shape index (κ1) is 16.8. The van der Waals surface area contributed by atoms with Gasteiger partial charge in [0.2, 0.25) is 5.91 Å². The first-order valence-corrected chi connectivity index (χ1v) is 8.69. The van der Waals surface area contributed by atoms with E-state index in [1.165, 1.54) is 0 Å². The van der Waals surface area contributed by atoms with Crippen molar-refractivity contribution >= 4 is 11.8 Å². The highest BCUT2D eigenvalue weighted by Crippen LogP contribution is 2.24. The predicted octanol–water partition coefficient (Wildman–Crippen LogP) is -0.0181. The quantitative estimate of drug-likeness (QED) is 0.750. The monoisotopic (exact) mass is 358 g/mol. The predicted molar refractivity (Wildman–Crippen MR) is 92.3 cm³/mol. The van der Waals surface area contributed by atoms with E-state index in [4.69, 9.17) is 4.52 Å². The van der Waals surface area contributed by atoms with Crippen molar-refractivity contribution < 1.29 is 14.1 Å². The maximum absolute atomic E-state index is 12.8. The number of hydrogen-bond donors (Lipinski definition) is 0. The molecule has 9 nitrogen and oxygen atoms in total. The fourth-order valence-corrected chi connectivity index (χ4v) is 3.56. The normalized spacial score (nSPS) is 21.2. The lowest BCUT2D eigenvalue weighted by Crippen LogP contribution is -2.64. The van der Waals surface area contributed by atoms with Gasteiger partial charge in [-0.15, -0.1) is 0 Å². The van der Waals surface area contributed by atoms with Crippen LogP contribution in [-0.2, 0) is 11.8 Å². The van der Waals surface area contributed by atoms with E-state index in [9.17, 15) is 9.59 Å². The van der Waals surface area contributed by atoms with Crippen molar-refractivity contribution in [3.8, 4) is 11.3 Å². The molecule has 2 aliphatic heterocycles. The molecule has 0 N–H and O–H groups in total. The molecule has 2 fully saturated rings. The summed E-state index contributed by atoms with van der Waals surface area (Å²) in [5.74, 6) is 0.383. The van der Waals surface area contributed by atoms with E-state index in [1.54, 1.807) is 33.8 Å². The zero-order chi connectivity index (χ0) is 18.4. The smallest absolute Gasteiger partial charge is 0.276 e. The second-order valence-corrected chi connectivity index (χ2v) is 6.91. The molecule has 2 saturated heterocycles. The summed E-state index contributed by atoms with van der Waals surface area (Å²) < 4.78 is 7.11. The molecule has 2 aromatic heterocycles. The third-order valence-corrected chi connectivity index (χ3v) is 5.39. The minimum Gasteiger partial charge on any atom is -0.355 e. The Kier molecular flexibility index (Phi) is 4.03. The number of hydrogen-bond acceptors (Lipinski definition) is 6. The Labute approximate surface area is 151 Å². The van der Waals surface area contributed by atoms with Gasteiger partial charge in [0.15, 0.2) is 11.5 Å². The summed E-state index contributed by atoms with van der Waals surface area (Å²) in [7, 11) is 3.65. The van der Waals surface area contributed by atoms with Gasteiger partial charge >= 0.3 is 0 Å². The van der Waals surface area contributed by atoms with Crippen molar-refractivity contribution in [2.75, 3.05) is 39.8 Å². The number of likely N-dealkylation sites (N-methyl/N-ethyl adjacent to an activating group) is 1. The summed E-state index contributed by atoms with van der Waals surface area (Å²) in [6.07, 6.45) is 1.69. The Bertz CT molecular complexity index is 857. The Morgan fingerprint density at radius 2 is 2.00 bits per heavy atom. The van der Waals surface area contributed by atoms with Gasteiger partial charge in [-0.1, -0.05) is 5.16 Å². The van der Waals surface area contributed by atoms with Crippen LogP contribution in [0.2, 0.25) is 0 Å². The van der Waals surface area contributed by atoms with E-state index in [2.05, 4.69) is 15.2 Å². The molecule has 9 heteroatoms. The molecule has 0 aromatic carbocycles. The number of carbonyl (C=O) groups is 2. The molecule has 138 valence electrons. The molecular formula is C17H22N6O3. The van der Waals surface area contributed by atoms with Crippen LogP contribution in [0.15, 0.2) is 16.8 Å². The Hall–Kier alpha value is -2.68. The molecule has 0 saturated carbocycles. The van der Waals surface area contributed by atoms with E-state index in [1.807, 2.05) is 14.0 Å². The van der Waals surface area contributed by atoms with Crippen LogP contribution in [0.1, 0.15) is 16.2 Å². The molecule has 2 aromatic rings. The van der Waals surface area contributed by atoms with Crippen LogP contribution in [0.3, 0.4) is 0 Å². The van der Waals surface area contributed by atoms with Crippen LogP contribution in [-0.4, -0.2) is 87.3 Å². The van der Waals surface area contributed by atoms with Crippen molar-refractivity contribution in [2.45, 2.75) is 13.0 Å². The van der Waals surface area contributed by atoms with E-state index < -0.39 is 0 Å². The fourth-order valence-electron chi connectivity index (χ4n) is 3.56. The SMILES string of the molecule is Cc1c(-c2cc(C(=O)N3CCN4CCN(C)C(=O)C4C3)no2)cnn1C. The number of carbonyl (C=O) groups excluding carboxylic acids is 2. The molecule has 1 unspecified atom stereocenters. The summed E-state index contributed by atoms with van der Waals surface area (Å²) >= 11 is 0. The van der Waals surface area contributed by atoms with Crippen molar-refractivity contribution in [3.05, 3.63) is 23.7 Å². The minimum absolute atomic E-state index is 0.0700. The van der Waals surface area contributed by atoms with Gasteiger partial charge in [0.1, 0.15) is 6.04 Å². The average Bonchev–Trinajstić information content (AvgIpc) is 3.25. The number of nitrogens with zero attached hydrogens (tertiary/aromatic N) is 6. The molecule has 1 atom stereocenters. The summed E-state index contributed by atoms with van der Waals surface area (Å²) in [6.45, 7) is 5.18. The van der Waals surface area contributed by atoms with E-state index >= 15 is 0 Å². The molecule has 4 heterocycles. The van der Waals surface area contributed by atoms with Gasteiger partial charge in [-0.25, -0.2) is 0 Å². The zero-order valence-corrected chi connectivity index (χ0v) is 15.2. The Morgan fingerprint density at radius 3 is 2.73 bits per heavy atom. The lowest BCUT2D eigenvalue weighted by atomic mass is 10.1. The van der Waals surface area contributed by atoms with Crippen LogP contribution >= 0.6 is 0 Å². The van der Waals surface area contributed by atoms with Crippen LogP contribution in [0.5, 0.6) is 0 Å². The summed E-state index contributed by atoms with van der Waals surface area (Å²) in [5.41, 5.74) is 2.01. The van der Waals surface area contributed by atoms with Gasteiger partial charge in [-0.3, -0.25) is 19.2 Å². The molecule has 0 radical (unpaired) electrons. The highest BCUT2D eigenvalue weighted by molar-refractivity contribution is 5.94. The highest BCUT2D eigenvalue weighted by Gasteiger charge is 2.39. The average molecular weight is 358 g/mol. The fraction of sp³-hybridized carbons (Fsp3) is 0.529. The van der Waals surface area contributed by atoms with Gasteiger partial charge in [0, 0.05) is 58.6 Å². The second kappa shape index (κ2) is 6.24. The largest absolute Gasteiger partial charge is 0.355 e. The van der Waals surface area contributed by atoms with Crippen LogP contribution in [0.4, 0.5) is 0 Å². The van der Waals surface area contributed by atoms with Gasteiger partial charge in [-0.2, -0.15) is 5.10 Å². The van der Waals surface area contributed by atoms with E-state index in [-0.39, 0.29) is 23.6 Å². The lowest BCUT2D eigenvalue weighted by molar-refractivity contribution is -0.142. The Morgan fingerprint density at radius 1 is 1.23 bits per heavy atom. The van der Waals surface area contributed by atoms with Crippen LogP contribution in [0.25, 0.3) is 11.3 Å². The van der Waals surface area contributed by atoms with Gasteiger partial charge in [-0.05, 0) is 6.92 Å². The summed E-state index contributed by atoms with van der Waals surface area (Å²) in [4.78, 5) is 30.8. The van der Waals surface area contributed by atoms with Gasteiger partial charge in [0.05, 0.1) is 11.8 Å². The topological polar surface area (TPSA) is 87.7 Å². The van der Waals surface area contributed by atoms with E-state index in [0.717, 1.165) is 24.3 Å². The minimum atomic E-state index is -0.265. The molecule has 0 aliphatic carbocycles. The van der Waals surface area contributed by atoms with Crippen molar-refractivity contribution in [3.63, 3.8) is 0 Å². The summed E-state index contributed by atoms with van der Waals surface area (Å²) in [5, 5.41) is 8.13. The number of aryl methyl sites for hydroxylation is 1. The number of piperazine rings is 2. The first-order chi connectivity index (χ1) is 12.5. The van der Waals surface area contributed by atoms with E-state index in [0.29, 0.717) is 25.4 Å². The lowest BCUT2D eigenvalue weighted by Gasteiger charge is -2.45. The zero-order valence-electron chi connectivity index (χ0n) is 15.2. The summed E-state index contributed by atoms with van der Waals surface area (Å²) in [6, 6.07) is 1.38. The third kappa shape index (κ3) is 2.68. The number of rotatable bonds is 2. The van der Waals surface area contributed by atoms with Crippen molar-refractivity contribution in [1.82, 2.24) is 29.6 Å². The highest BCUT2D eigenvalue weighted by atomic mass is 16.5. The van der Waals surface area contributed by atoms with Crippen LogP contribution < -0.4 is 0 Å². The molecule has 0 spiro atoms. The third-order valence-electron chi connectivity index (χ3n) is 5.39. The molecule has 2 amide bonds. The first-order valence-electron chi connectivity index (χ1n) is 8.69. The van der Waals surface area contributed by atoms with Crippen LogP contribution in [0, 0.1) is 6.92 Å². The second-order valence-electron chi connectivity index (χ2n) is 6.91. The standard InChI is InChI=1S/C17H22N6O3/c1-11-12(9-18-21(11)3)15-8-13(19-26-15)16(24)23-7-6-22-5-4-20(2)17(25)14(22)10-23/h8-9,14H,4-7,10H2,1-3H3. The molecule has 0 bridgehead atoms. The van der Waals surface area contributed by atoms with Crippen molar-refractivity contribution in [1.29, 1.82) is 0 Å². The van der Waals surface area contributed by atoms with Gasteiger partial charge < -0.3 is 14.3 Å². The molecule has 26 heavy (non-hydrogen) atoms. The maximum Gasteiger partial charge on any atom is 0.276 e. The number of aromatic nitrogens is 3. The molecule has 2 aliphatic rings. The molecular weight excluding hydrogens is 336 g/mol. The molecule has 4 rings (SSSR count). The van der Waals surface area contributed by atoms with Gasteiger partial charge in [0.25, 0.3) is 5.91 Å². The number of amides is 2. The maximum atomic E-state index is 12.8.